The normalized spacial score (nSPS) is 11.7. The number of rotatable bonds is 7. The summed E-state index contributed by atoms with van der Waals surface area (Å²) in [7, 11) is 4.23. The summed E-state index contributed by atoms with van der Waals surface area (Å²) < 4.78 is 0. The first-order chi connectivity index (χ1) is 5.77. The van der Waals surface area contributed by atoms with Crippen molar-refractivity contribution in [2.45, 2.75) is 39.0 Å². The van der Waals surface area contributed by atoms with E-state index in [2.05, 4.69) is 38.1 Å². The van der Waals surface area contributed by atoms with E-state index in [-0.39, 0.29) is 0 Å². The van der Waals surface area contributed by atoms with Crippen LogP contribution in [0.2, 0.25) is 0 Å². The molecule has 1 heteroatoms. The molecule has 0 fully saturated rings. The fourth-order valence-corrected chi connectivity index (χ4v) is 1.08. The maximum Gasteiger partial charge on any atom is 0.000980 e. The van der Waals surface area contributed by atoms with Gasteiger partial charge in [-0.05, 0) is 33.4 Å². The van der Waals surface area contributed by atoms with Crippen LogP contribution in [0.1, 0.15) is 39.0 Å². The zero-order valence-electron chi connectivity index (χ0n) is 8.84. The Morgan fingerprint density at radius 3 is 2.25 bits per heavy atom. The lowest BCUT2D eigenvalue weighted by Crippen LogP contribution is -2.11. The Hall–Kier alpha value is -0.300. The predicted molar refractivity (Wildman–Crippen MR) is 56.5 cm³/mol. The first-order valence-electron chi connectivity index (χ1n) is 5.07. The van der Waals surface area contributed by atoms with Crippen molar-refractivity contribution >= 4 is 0 Å². The quantitative estimate of drug-likeness (QED) is 0.418. The molecule has 0 aliphatic rings. The van der Waals surface area contributed by atoms with Crippen molar-refractivity contribution in [3.05, 3.63) is 12.2 Å². The molecule has 0 radical (unpaired) electrons. The summed E-state index contributed by atoms with van der Waals surface area (Å²) >= 11 is 0. The van der Waals surface area contributed by atoms with Crippen molar-refractivity contribution in [2.24, 2.45) is 0 Å². The standard InChI is InChI=1S/C11H23N/c1-4-5-6-7-8-9-10-11-12(2)3/h8-9H,4-7,10-11H2,1-3H3. The van der Waals surface area contributed by atoms with Crippen LogP contribution in [0, 0.1) is 0 Å². The summed E-state index contributed by atoms with van der Waals surface area (Å²) in [5.41, 5.74) is 0. The summed E-state index contributed by atoms with van der Waals surface area (Å²) in [6, 6.07) is 0. The molecule has 72 valence electrons. The Bertz CT molecular complexity index is 106. The Labute approximate surface area is 77.5 Å². The molecule has 0 bridgehead atoms. The van der Waals surface area contributed by atoms with Crippen LogP contribution in [0.15, 0.2) is 12.2 Å². The van der Waals surface area contributed by atoms with Crippen LogP contribution in [-0.2, 0) is 0 Å². The van der Waals surface area contributed by atoms with Crippen molar-refractivity contribution in [1.82, 2.24) is 4.90 Å². The lowest BCUT2D eigenvalue weighted by molar-refractivity contribution is 0.417. The van der Waals surface area contributed by atoms with Gasteiger partial charge in [0.05, 0.1) is 0 Å². The van der Waals surface area contributed by atoms with Crippen molar-refractivity contribution in [2.75, 3.05) is 20.6 Å². The summed E-state index contributed by atoms with van der Waals surface area (Å²) in [4.78, 5) is 2.22. The van der Waals surface area contributed by atoms with Crippen LogP contribution < -0.4 is 0 Å². The van der Waals surface area contributed by atoms with E-state index in [4.69, 9.17) is 0 Å². The van der Waals surface area contributed by atoms with Gasteiger partial charge in [0.1, 0.15) is 0 Å². The number of unbranched alkanes of at least 4 members (excludes halogenated alkanes) is 3. The van der Waals surface area contributed by atoms with Gasteiger partial charge in [0.2, 0.25) is 0 Å². The van der Waals surface area contributed by atoms with Crippen molar-refractivity contribution in [3.8, 4) is 0 Å². The van der Waals surface area contributed by atoms with Gasteiger partial charge in [0.25, 0.3) is 0 Å². The van der Waals surface area contributed by atoms with Gasteiger partial charge < -0.3 is 4.90 Å². The smallest absolute Gasteiger partial charge is 0.000980 e. The Morgan fingerprint density at radius 2 is 1.67 bits per heavy atom. The summed E-state index contributed by atoms with van der Waals surface area (Å²) in [6.07, 6.45) is 11.1. The molecule has 0 unspecified atom stereocenters. The minimum Gasteiger partial charge on any atom is -0.309 e. The zero-order chi connectivity index (χ0) is 9.23. The second kappa shape index (κ2) is 8.79. The van der Waals surface area contributed by atoms with E-state index in [0.29, 0.717) is 0 Å². The van der Waals surface area contributed by atoms with Crippen LogP contribution in [0.5, 0.6) is 0 Å². The van der Waals surface area contributed by atoms with Gasteiger partial charge in [-0.25, -0.2) is 0 Å². The molecule has 0 aromatic rings. The SMILES string of the molecule is CCCCCC=CCCN(C)C. The van der Waals surface area contributed by atoms with E-state index >= 15 is 0 Å². The van der Waals surface area contributed by atoms with E-state index in [1.807, 2.05) is 0 Å². The average Bonchev–Trinajstić information content (AvgIpc) is 2.02. The molecule has 0 saturated carbocycles. The highest BCUT2D eigenvalue weighted by Gasteiger charge is 1.85. The minimum atomic E-state index is 1.17. The molecule has 0 saturated heterocycles. The molecule has 0 rings (SSSR count). The van der Waals surface area contributed by atoms with Gasteiger partial charge in [-0.3, -0.25) is 0 Å². The molecular weight excluding hydrogens is 146 g/mol. The molecule has 0 heterocycles. The minimum absolute atomic E-state index is 1.17. The molecular formula is C11H23N. The van der Waals surface area contributed by atoms with Crippen LogP contribution in [0.25, 0.3) is 0 Å². The van der Waals surface area contributed by atoms with Gasteiger partial charge in [-0.2, -0.15) is 0 Å². The van der Waals surface area contributed by atoms with Crippen LogP contribution in [0.3, 0.4) is 0 Å². The number of hydrogen-bond donors (Lipinski definition) is 0. The molecule has 0 N–H and O–H groups in total. The Balaban J connectivity index is 3.04. The van der Waals surface area contributed by atoms with Gasteiger partial charge in [-0.15, -0.1) is 0 Å². The second-order valence-electron chi connectivity index (χ2n) is 3.56. The molecule has 12 heavy (non-hydrogen) atoms. The molecule has 0 spiro atoms. The van der Waals surface area contributed by atoms with Gasteiger partial charge >= 0.3 is 0 Å². The fraction of sp³-hybridized carbons (Fsp3) is 0.818. The zero-order valence-corrected chi connectivity index (χ0v) is 8.84. The van der Waals surface area contributed by atoms with Crippen LogP contribution in [-0.4, -0.2) is 25.5 Å². The molecule has 0 aromatic heterocycles. The van der Waals surface area contributed by atoms with Crippen molar-refractivity contribution in [1.29, 1.82) is 0 Å². The van der Waals surface area contributed by atoms with Crippen LogP contribution in [0.4, 0.5) is 0 Å². The monoisotopic (exact) mass is 169 g/mol. The number of allylic oxidation sites excluding steroid dienone is 1. The van der Waals surface area contributed by atoms with E-state index < -0.39 is 0 Å². The van der Waals surface area contributed by atoms with E-state index in [9.17, 15) is 0 Å². The maximum absolute atomic E-state index is 2.32. The molecule has 0 aliphatic heterocycles. The largest absolute Gasteiger partial charge is 0.309 e. The molecule has 1 nitrogen and oxygen atoms in total. The first kappa shape index (κ1) is 11.7. The lowest BCUT2D eigenvalue weighted by atomic mass is 10.2. The molecule has 0 aromatic carbocycles. The highest BCUT2D eigenvalue weighted by molar-refractivity contribution is 4.81. The first-order valence-corrected chi connectivity index (χ1v) is 5.07. The Kier molecular flexibility index (Phi) is 8.57. The van der Waals surface area contributed by atoms with E-state index in [1.165, 1.54) is 38.6 Å². The third-order valence-corrected chi connectivity index (χ3v) is 1.88. The number of nitrogens with zero attached hydrogens (tertiary/aromatic N) is 1. The van der Waals surface area contributed by atoms with Gasteiger partial charge in [0.15, 0.2) is 0 Å². The third-order valence-electron chi connectivity index (χ3n) is 1.88. The molecule has 0 aliphatic carbocycles. The third kappa shape index (κ3) is 9.70. The van der Waals surface area contributed by atoms with Crippen molar-refractivity contribution < 1.29 is 0 Å². The summed E-state index contributed by atoms with van der Waals surface area (Å²) in [5.74, 6) is 0. The van der Waals surface area contributed by atoms with E-state index in [0.717, 1.165) is 0 Å². The number of hydrogen-bond acceptors (Lipinski definition) is 1. The summed E-state index contributed by atoms with van der Waals surface area (Å²) in [5, 5.41) is 0. The summed E-state index contributed by atoms with van der Waals surface area (Å²) in [6.45, 7) is 3.42. The fourth-order valence-electron chi connectivity index (χ4n) is 1.08. The average molecular weight is 169 g/mol. The van der Waals surface area contributed by atoms with Gasteiger partial charge in [-0.1, -0.05) is 31.9 Å². The molecule has 0 amide bonds. The Morgan fingerprint density at radius 1 is 1.00 bits per heavy atom. The topological polar surface area (TPSA) is 3.24 Å². The maximum atomic E-state index is 2.32. The lowest BCUT2D eigenvalue weighted by Gasteiger charge is -2.05. The van der Waals surface area contributed by atoms with Crippen LogP contribution >= 0.6 is 0 Å². The highest BCUT2D eigenvalue weighted by atomic mass is 15.0. The second-order valence-corrected chi connectivity index (χ2v) is 3.56. The van der Waals surface area contributed by atoms with Gasteiger partial charge in [0, 0.05) is 6.54 Å². The van der Waals surface area contributed by atoms with E-state index in [1.54, 1.807) is 0 Å². The van der Waals surface area contributed by atoms with Crippen molar-refractivity contribution in [3.63, 3.8) is 0 Å². The molecule has 0 atom stereocenters. The highest BCUT2D eigenvalue weighted by Crippen LogP contribution is 2.00. The predicted octanol–water partition coefficient (Wildman–Crippen LogP) is 3.07.